The molecule has 2 rings (SSSR count). The lowest BCUT2D eigenvalue weighted by Crippen LogP contribution is -2.65. The Morgan fingerprint density at radius 3 is 1.66 bits per heavy atom. The standard InChI is InChI=1S/C21H40O11/c1-9(2)5-11(6-10(3)4)29-20-18(28)16(26)19(13(8-23)31-20)32-21-17(27)15(25)14(24)12(7-22)30-21/h9-28H,5-8H2,1-4H3/t12?,13?,14-,15?,16-,17?,18?,19-,20-,21-/m1/s1. The van der Waals surface area contributed by atoms with Crippen LogP contribution in [0.2, 0.25) is 0 Å². The molecule has 0 bridgehead atoms. The van der Waals surface area contributed by atoms with Gasteiger partial charge in [-0.25, -0.2) is 0 Å². The Hall–Kier alpha value is -0.440. The number of aliphatic hydroxyl groups excluding tert-OH is 7. The van der Waals surface area contributed by atoms with Gasteiger partial charge in [0.25, 0.3) is 0 Å². The number of ether oxygens (including phenoxy) is 4. The van der Waals surface area contributed by atoms with Crippen LogP contribution in [0.25, 0.3) is 0 Å². The molecule has 2 saturated heterocycles. The lowest BCUT2D eigenvalue weighted by Gasteiger charge is -2.46. The molecular weight excluding hydrogens is 428 g/mol. The second-order valence-corrected chi connectivity index (χ2v) is 9.52. The molecule has 11 nitrogen and oxygen atoms in total. The van der Waals surface area contributed by atoms with Gasteiger partial charge in [0.15, 0.2) is 12.6 Å². The highest BCUT2D eigenvalue weighted by Crippen LogP contribution is 2.31. The minimum atomic E-state index is -1.70. The van der Waals surface area contributed by atoms with Crippen LogP contribution in [0.4, 0.5) is 0 Å². The normalized spacial score (nSPS) is 41.1. The predicted octanol–water partition coefficient (Wildman–Crippen LogP) is -1.91. The van der Waals surface area contributed by atoms with Crippen molar-refractivity contribution in [3.8, 4) is 0 Å². The fraction of sp³-hybridized carbons (Fsp3) is 1.00. The molecule has 0 saturated carbocycles. The molecule has 2 heterocycles. The van der Waals surface area contributed by atoms with Gasteiger partial charge in [0.2, 0.25) is 0 Å². The lowest BCUT2D eigenvalue weighted by molar-refractivity contribution is -0.363. The average Bonchev–Trinajstić information content (AvgIpc) is 2.72. The SMILES string of the molecule is CC(C)CC(CC(C)C)O[C@@H]1OC(CO)[C@@H](O[C@H]2OC(CO)[C@@H](O)C(O)C2O)[C@H](O)C1O. The zero-order valence-electron chi connectivity index (χ0n) is 19.1. The van der Waals surface area contributed by atoms with Crippen LogP contribution in [0.1, 0.15) is 40.5 Å². The molecule has 2 fully saturated rings. The third-order valence-corrected chi connectivity index (χ3v) is 5.76. The zero-order chi connectivity index (χ0) is 24.2. The molecule has 2 aliphatic rings. The Labute approximate surface area is 188 Å². The Balaban J connectivity index is 2.11. The molecular formula is C21H40O11. The van der Waals surface area contributed by atoms with E-state index in [-0.39, 0.29) is 6.10 Å². The van der Waals surface area contributed by atoms with Crippen LogP contribution in [0.15, 0.2) is 0 Å². The molecule has 0 aromatic carbocycles. The Kier molecular flexibility index (Phi) is 10.7. The minimum absolute atomic E-state index is 0.232. The topological polar surface area (TPSA) is 179 Å². The Morgan fingerprint density at radius 2 is 1.16 bits per heavy atom. The summed E-state index contributed by atoms with van der Waals surface area (Å²) in [7, 11) is 0. The summed E-state index contributed by atoms with van der Waals surface area (Å²) in [5.74, 6) is 0.667. The summed E-state index contributed by atoms with van der Waals surface area (Å²) in [5.41, 5.74) is 0. The van der Waals surface area contributed by atoms with Gasteiger partial charge in [0.05, 0.1) is 19.3 Å². The van der Waals surface area contributed by atoms with Gasteiger partial charge in [-0.3, -0.25) is 0 Å². The van der Waals surface area contributed by atoms with Crippen molar-refractivity contribution in [2.75, 3.05) is 13.2 Å². The number of rotatable bonds is 10. The van der Waals surface area contributed by atoms with E-state index in [0.717, 1.165) is 12.8 Å². The first-order valence-corrected chi connectivity index (χ1v) is 11.2. The number of hydrogen-bond donors (Lipinski definition) is 7. The summed E-state index contributed by atoms with van der Waals surface area (Å²) in [5, 5.41) is 70.5. The van der Waals surface area contributed by atoms with Crippen molar-refractivity contribution < 1.29 is 54.7 Å². The Morgan fingerprint density at radius 1 is 0.656 bits per heavy atom. The van der Waals surface area contributed by atoms with Gasteiger partial charge in [-0.2, -0.15) is 0 Å². The molecule has 2 aliphatic heterocycles. The molecule has 0 aliphatic carbocycles. The quantitative estimate of drug-likeness (QED) is 0.190. The van der Waals surface area contributed by atoms with Crippen LogP contribution in [-0.2, 0) is 18.9 Å². The zero-order valence-corrected chi connectivity index (χ0v) is 19.1. The van der Waals surface area contributed by atoms with Crippen molar-refractivity contribution >= 4 is 0 Å². The summed E-state index contributed by atoms with van der Waals surface area (Å²) in [6, 6.07) is 0. The number of hydrogen-bond acceptors (Lipinski definition) is 11. The van der Waals surface area contributed by atoms with E-state index in [1.54, 1.807) is 0 Å². The van der Waals surface area contributed by atoms with Gasteiger partial charge in [0, 0.05) is 0 Å². The van der Waals surface area contributed by atoms with Gasteiger partial charge in [-0.15, -0.1) is 0 Å². The fourth-order valence-corrected chi connectivity index (χ4v) is 4.12. The maximum Gasteiger partial charge on any atom is 0.187 e. The smallest absolute Gasteiger partial charge is 0.187 e. The van der Waals surface area contributed by atoms with E-state index >= 15 is 0 Å². The van der Waals surface area contributed by atoms with Crippen LogP contribution < -0.4 is 0 Å². The fourth-order valence-electron chi connectivity index (χ4n) is 4.12. The highest BCUT2D eigenvalue weighted by molar-refractivity contribution is 4.94. The van der Waals surface area contributed by atoms with E-state index in [1.807, 2.05) is 27.7 Å². The van der Waals surface area contributed by atoms with Crippen molar-refractivity contribution in [2.45, 2.75) is 108 Å². The lowest BCUT2D eigenvalue weighted by atomic mass is 9.96. The molecule has 0 aromatic rings. The van der Waals surface area contributed by atoms with E-state index in [2.05, 4.69) is 0 Å². The van der Waals surface area contributed by atoms with Crippen LogP contribution in [-0.4, -0.2) is 116 Å². The molecule has 11 heteroatoms. The van der Waals surface area contributed by atoms with E-state index in [9.17, 15) is 35.7 Å². The Bertz CT molecular complexity index is 534. The molecule has 0 spiro atoms. The summed E-state index contributed by atoms with van der Waals surface area (Å²) >= 11 is 0. The van der Waals surface area contributed by atoms with Gasteiger partial charge in [0.1, 0.15) is 48.8 Å². The largest absolute Gasteiger partial charge is 0.394 e. The summed E-state index contributed by atoms with van der Waals surface area (Å²) in [6.45, 7) is 6.94. The highest BCUT2D eigenvalue weighted by atomic mass is 16.7. The van der Waals surface area contributed by atoms with Crippen molar-refractivity contribution in [1.82, 2.24) is 0 Å². The maximum absolute atomic E-state index is 10.7. The third-order valence-electron chi connectivity index (χ3n) is 5.76. The molecule has 7 N–H and O–H groups in total. The van der Waals surface area contributed by atoms with Gasteiger partial charge in [-0.1, -0.05) is 27.7 Å². The monoisotopic (exact) mass is 468 g/mol. The van der Waals surface area contributed by atoms with Crippen LogP contribution in [0, 0.1) is 11.8 Å². The van der Waals surface area contributed by atoms with Crippen LogP contribution in [0.5, 0.6) is 0 Å². The second kappa shape index (κ2) is 12.3. The van der Waals surface area contributed by atoms with Crippen molar-refractivity contribution in [3.05, 3.63) is 0 Å². The van der Waals surface area contributed by atoms with Crippen molar-refractivity contribution in [1.29, 1.82) is 0 Å². The van der Waals surface area contributed by atoms with Gasteiger partial charge < -0.3 is 54.7 Å². The van der Waals surface area contributed by atoms with E-state index in [4.69, 9.17) is 18.9 Å². The molecule has 0 amide bonds. The molecule has 190 valence electrons. The van der Waals surface area contributed by atoms with Crippen molar-refractivity contribution in [3.63, 3.8) is 0 Å². The van der Waals surface area contributed by atoms with E-state index in [1.165, 1.54) is 0 Å². The molecule has 0 aromatic heterocycles. The maximum atomic E-state index is 10.7. The minimum Gasteiger partial charge on any atom is -0.394 e. The van der Waals surface area contributed by atoms with E-state index < -0.39 is 74.6 Å². The average molecular weight is 469 g/mol. The number of aliphatic hydroxyl groups is 7. The molecule has 32 heavy (non-hydrogen) atoms. The second-order valence-electron chi connectivity index (χ2n) is 9.52. The van der Waals surface area contributed by atoms with Crippen LogP contribution in [0.3, 0.4) is 0 Å². The van der Waals surface area contributed by atoms with Crippen molar-refractivity contribution in [2.24, 2.45) is 11.8 Å². The summed E-state index contributed by atoms with van der Waals surface area (Å²) < 4.78 is 22.5. The molecule has 5 unspecified atom stereocenters. The summed E-state index contributed by atoms with van der Waals surface area (Å²) in [6.07, 6.45) is -13.3. The first-order valence-electron chi connectivity index (χ1n) is 11.2. The third kappa shape index (κ3) is 6.80. The first-order chi connectivity index (χ1) is 15.0. The van der Waals surface area contributed by atoms with Gasteiger partial charge in [-0.05, 0) is 24.7 Å². The van der Waals surface area contributed by atoms with E-state index in [0.29, 0.717) is 11.8 Å². The first kappa shape index (κ1) is 27.8. The van der Waals surface area contributed by atoms with Gasteiger partial charge >= 0.3 is 0 Å². The van der Waals surface area contributed by atoms with Crippen LogP contribution >= 0.6 is 0 Å². The highest BCUT2D eigenvalue weighted by Gasteiger charge is 2.51. The predicted molar refractivity (Wildman–Crippen MR) is 110 cm³/mol. The molecule has 10 atom stereocenters. The molecule has 0 radical (unpaired) electrons. The summed E-state index contributed by atoms with van der Waals surface area (Å²) in [4.78, 5) is 0.